The van der Waals surface area contributed by atoms with Gasteiger partial charge >= 0.3 is 5.97 Å². The molecule has 0 bridgehead atoms. The van der Waals surface area contributed by atoms with Crippen LogP contribution in [0, 0.1) is 0 Å². The van der Waals surface area contributed by atoms with E-state index in [0.29, 0.717) is 37.4 Å². The third-order valence-electron chi connectivity index (χ3n) is 5.06. The van der Waals surface area contributed by atoms with Crippen LogP contribution in [0.2, 0.25) is 0 Å². The van der Waals surface area contributed by atoms with Crippen molar-refractivity contribution in [3.8, 4) is 5.75 Å². The van der Waals surface area contributed by atoms with Crippen molar-refractivity contribution in [2.24, 2.45) is 0 Å². The minimum Gasteiger partial charge on any atom is -0.494 e. The second-order valence-electron chi connectivity index (χ2n) is 7.28. The molecule has 1 unspecified atom stereocenters. The number of benzene rings is 2. The molecule has 2 aromatic carbocycles. The zero-order chi connectivity index (χ0) is 22.1. The van der Waals surface area contributed by atoms with Crippen molar-refractivity contribution in [2.75, 3.05) is 26.3 Å². The van der Waals surface area contributed by atoms with Crippen molar-refractivity contribution in [3.63, 3.8) is 0 Å². The Morgan fingerprint density at radius 2 is 1.94 bits per heavy atom. The minimum absolute atomic E-state index is 0.173. The van der Waals surface area contributed by atoms with Crippen molar-refractivity contribution in [1.82, 2.24) is 10.2 Å². The molecular weight excluding hydrogens is 396 g/mol. The fourth-order valence-corrected chi connectivity index (χ4v) is 3.54. The smallest absolute Gasteiger partial charge is 0.308 e. The Labute approximate surface area is 182 Å². The molecule has 2 aromatic rings. The van der Waals surface area contributed by atoms with Gasteiger partial charge in [-0.1, -0.05) is 36.4 Å². The van der Waals surface area contributed by atoms with Crippen LogP contribution in [0.1, 0.15) is 35.7 Å². The lowest BCUT2D eigenvalue weighted by atomic mass is 10.1. The minimum atomic E-state index is -0.890. The summed E-state index contributed by atoms with van der Waals surface area (Å²) in [7, 11) is 0. The van der Waals surface area contributed by atoms with Gasteiger partial charge in [0.1, 0.15) is 11.8 Å². The number of piperazine rings is 1. The molecule has 0 spiro atoms. The fraction of sp³-hybridized carbons (Fsp3) is 0.375. The third-order valence-corrected chi connectivity index (χ3v) is 5.06. The van der Waals surface area contributed by atoms with E-state index in [4.69, 9.17) is 9.47 Å². The number of hydrogen-bond acceptors (Lipinski definition) is 5. The van der Waals surface area contributed by atoms with Gasteiger partial charge in [0.15, 0.2) is 0 Å². The van der Waals surface area contributed by atoms with Crippen molar-refractivity contribution >= 4 is 17.8 Å². The molecule has 1 N–H and O–H groups in total. The SMILES string of the molecule is CCOc1cccc(C(=O)N2CCNC(=O)C2CC(=O)OCCCc2ccccc2)c1. The average molecular weight is 424 g/mol. The lowest BCUT2D eigenvalue weighted by Crippen LogP contribution is -2.57. The van der Waals surface area contributed by atoms with Gasteiger partial charge in [-0.25, -0.2) is 0 Å². The lowest BCUT2D eigenvalue weighted by Gasteiger charge is -2.34. The van der Waals surface area contributed by atoms with E-state index in [-0.39, 0.29) is 24.8 Å². The molecule has 1 fully saturated rings. The van der Waals surface area contributed by atoms with Crippen molar-refractivity contribution < 1.29 is 23.9 Å². The number of nitrogens with zero attached hydrogens (tertiary/aromatic N) is 1. The Balaban J connectivity index is 1.57. The third kappa shape index (κ3) is 6.31. The molecular formula is C24H28N2O5. The number of rotatable bonds is 9. The van der Waals surface area contributed by atoms with Gasteiger partial charge in [0.2, 0.25) is 5.91 Å². The van der Waals surface area contributed by atoms with E-state index in [1.54, 1.807) is 24.3 Å². The van der Waals surface area contributed by atoms with Gasteiger partial charge in [0.05, 0.1) is 19.6 Å². The van der Waals surface area contributed by atoms with E-state index in [1.165, 1.54) is 10.5 Å². The van der Waals surface area contributed by atoms with E-state index in [2.05, 4.69) is 5.32 Å². The Hall–Kier alpha value is -3.35. The Bertz CT molecular complexity index is 900. The van der Waals surface area contributed by atoms with E-state index in [9.17, 15) is 14.4 Å². The molecule has 1 atom stereocenters. The normalized spacial score (nSPS) is 15.8. The quantitative estimate of drug-likeness (QED) is 0.494. The van der Waals surface area contributed by atoms with Crippen LogP contribution >= 0.6 is 0 Å². The standard InChI is InChI=1S/C24H28N2O5/c1-2-30-20-12-6-11-19(16-20)24(29)26-14-13-25-23(28)21(26)17-22(27)31-15-7-10-18-8-4-3-5-9-18/h3-6,8-9,11-12,16,21H,2,7,10,13-15,17H2,1H3,(H,25,28). The van der Waals surface area contributed by atoms with Gasteiger partial charge in [0, 0.05) is 18.7 Å². The predicted octanol–water partition coefficient (Wildman–Crippen LogP) is 2.59. The Morgan fingerprint density at radius 3 is 2.71 bits per heavy atom. The highest BCUT2D eigenvalue weighted by atomic mass is 16.5. The van der Waals surface area contributed by atoms with E-state index in [0.717, 1.165) is 6.42 Å². The van der Waals surface area contributed by atoms with Crippen LogP contribution < -0.4 is 10.1 Å². The van der Waals surface area contributed by atoms with Crippen LogP contribution in [-0.4, -0.2) is 55.0 Å². The highest BCUT2D eigenvalue weighted by Gasteiger charge is 2.35. The zero-order valence-electron chi connectivity index (χ0n) is 17.7. The maximum absolute atomic E-state index is 13.0. The van der Waals surface area contributed by atoms with Gasteiger partial charge in [0.25, 0.3) is 5.91 Å². The summed E-state index contributed by atoms with van der Waals surface area (Å²) in [6, 6.07) is 15.9. The number of amides is 2. The highest BCUT2D eigenvalue weighted by molar-refractivity contribution is 5.99. The van der Waals surface area contributed by atoms with Crippen molar-refractivity contribution in [1.29, 1.82) is 0 Å². The predicted molar refractivity (Wildman–Crippen MR) is 116 cm³/mol. The summed E-state index contributed by atoms with van der Waals surface area (Å²) in [5, 5.41) is 2.73. The van der Waals surface area contributed by atoms with Gasteiger partial charge < -0.3 is 19.7 Å². The average Bonchev–Trinajstić information content (AvgIpc) is 2.79. The second-order valence-corrected chi connectivity index (χ2v) is 7.28. The first kappa shape index (κ1) is 22.3. The van der Waals surface area contributed by atoms with Crippen molar-refractivity contribution in [3.05, 3.63) is 65.7 Å². The van der Waals surface area contributed by atoms with Gasteiger partial charge in [-0.05, 0) is 43.5 Å². The molecule has 0 radical (unpaired) electrons. The molecule has 0 saturated carbocycles. The van der Waals surface area contributed by atoms with Crippen LogP contribution in [0.15, 0.2) is 54.6 Å². The molecule has 7 nitrogen and oxygen atoms in total. The number of carbonyl (C=O) groups excluding carboxylic acids is 3. The molecule has 3 rings (SSSR count). The summed E-state index contributed by atoms with van der Waals surface area (Å²) in [5.41, 5.74) is 1.60. The number of ether oxygens (including phenoxy) is 2. The Morgan fingerprint density at radius 1 is 1.13 bits per heavy atom. The van der Waals surface area contributed by atoms with E-state index >= 15 is 0 Å². The second kappa shape index (κ2) is 11.2. The number of nitrogens with one attached hydrogen (secondary N) is 1. The van der Waals surface area contributed by atoms with Crippen LogP contribution in [0.25, 0.3) is 0 Å². The van der Waals surface area contributed by atoms with Crippen LogP contribution in [-0.2, 0) is 20.7 Å². The summed E-state index contributed by atoms with van der Waals surface area (Å²) >= 11 is 0. The maximum Gasteiger partial charge on any atom is 0.308 e. The first-order valence-electron chi connectivity index (χ1n) is 10.6. The molecule has 0 aliphatic carbocycles. The lowest BCUT2D eigenvalue weighted by molar-refractivity contribution is -0.147. The summed E-state index contributed by atoms with van der Waals surface area (Å²) in [4.78, 5) is 39.3. The van der Waals surface area contributed by atoms with Crippen LogP contribution in [0.5, 0.6) is 5.75 Å². The molecule has 7 heteroatoms. The highest BCUT2D eigenvalue weighted by Crippen LogP contribution is 2.19. The summed E-state index contributed by atoms with van der Waals surface area (Å²) in [6.45, 7) is 3.30. The molecule has 1 heterocycles. The summed E-state index contributed by atoms with van der Waals surface area (Å²) < 4.78 is 10.8. The number of esters is 1. The molecule has 31 heavy (non-hydrogen) atoms. The van der Waals surface area contributed by atoms with E-state index in [1.807, 2.05) is 37.3 Å². The Kier molecular flexibility index (Phi) is 8.04. The fourth-order valence-electron chi connectivity index (χ4n) is 3.54. The largest absolute Gasteiger partial charge is 0.494 e. The molecule has 1 saturated heterocycles. The van der Waals surface area contributed by atoms with Crippen LogP contribution in [0.3, 0.4) is 0 Å². The molecule has 1 aliphatic heterocycles. The topological polar surface area (TPSA) is 84.9 Å². The summed E-state index contributed by atoms with van der Waals surface area (Å²) in [6.07, 6.45) is 1.33. The van der Waals surface area contributed by atoms with Gasteiger partial charge in [-0.15, -0.1) is 0 Å². The van der Waals surface area contributed by atoms with Gasteiger partial charge in [-0.3, -0.25) is 14.4 Å². The summed E-state index contributed by atoms with van der Waals surface area (Å²) in [5.74, 6) is -0.555. The van der Waals surface area contributed by atoms with Crippen LogP contribution in [0.4, 0.5) is 0 Å². The number of aryl methyl sites for hydroxylation is 1. The monoisotopic (exact) mass is 424 g/mol. The molecule has 164 valence electrons. The van der Waals surface area contributed by atoms with Crippen molar-refractivity contribution in [2.45, 2.75) is 32.2 Å². The molecule has 0 aromatic heterocycles. The first-order valence-corrected chi connectivity index (χ1v) is 10.6. The first-order chi connectivity index (χ1) is 15.1. The van der Waals surface area contributed by atoms with Gasteiger partial charge in [-0.2, -0.15) is 0 Å². The number of carbonyl (C=O) groups is 3. The molecule has 1 aliphatic rings. The van der Waals surface area contributed by atoms with E-state index < -0.39 is 12.0 Å². The molecule has 2 amide bonds. The number of hydrogen-bond donors (Lipinski definition) is 1. The maximum atomic E-state index is 13.0. The zero-order valence-corrected chi connectivity index (χ0v) is 17.7.